The molecule has 0 atom stereocenters. The van der Waals surface area contributed by atoms with E-state index in [0.717, 1.165) is 13.0 Å². The molecule has 0 heterocycles. The Morgan fingerprint density at radius 3 is 2.89 bits per heavy atom. The molecule has 0 saturated carbocycles. The van der Waals surface area contributed by atoms with E-state index >= 15 is 0 Å². The summed E-state index contributed by atoms with van der Waals surface area (Å²) in [6.07, 6.45) is 8.20. The van der Waals surface area contributed by atoms with Gasteiger partial charge in [0, 0.05) is 17.3 Å². The highest BCUT2D eigenvalue weighted by Gasteiger charge is 2.10. The zero-order valence-electron chi connectivity index (χ0n) is 10.8. The van der Waals surface area contributed by atoms with Gasteiger partial charge in [0.1, 0.15) is 0 Å². The van der Waals surface area contributed by atoms with Crippen LogP contribution in [0.5, 0.6) is 0 Å². The van der Waals surface area contributed by atoms with Crippen LogP contribution in [-0.2, 0) is 0 Å². The maximum atomic E-state index is 11.1. The van der Waals surface area contributed by atoms with Crippen molar-refractivity contribution in [2.45, 2.75) is 32.1 Å². The molecule has 4 heteroatoms. The maximum absolute atomic E-state index is 11.1. The van der Waals surface area contributed by atoms with Crippen molar-refractivity contribution < 1.29 is 9.90 Å². The molecule has 1 aliphatic carbocycles. The van der Waals surface area contributed by atoms with Crippen molar-refractivity contribution in [2.24, 2.45) is 0 Å². The summed E-state index contributed by atoms with van der Waals surface area (Å²) in [5.74, 6) is -0.957. The minimum absolute atomic E-state index is 0.227. The number of rotatable bonds is 5. The van der Waals surface area contributed by atoms with Gasteiger partial charge in [-0.05, 0) is 50.3 Å². The van der Waals surface area contributed by atoms with Crippen molar-refractivity contribution in [2.75, 3.05) is 11.9 Å². The fourth-order valence-electron chi connectivity index (χ4n) is 2.34. The molecule has 1 aliphatic rings. The third-order valence-electron chi connectivity index (χ3n) is 3.36. The van der Waals surface area contributed by atoms with Gasteiger partial charge < -0.3 is 10.4 Å². The van der Waals surface area contributed by atoms with Crippen molar-refractivity contribution in [1.29, 1.82) is 0 Å². The zero-order valence-corrected chi connectivity index (χ0v) is 11.5. The number of carboxylic acids is 1. The summed E-state index contributed by atoms with van der Waals surface area (Å²) < 4.78 is 0. The summed E-state index contributed by atoms with van der Waals surface area (Å²) in [5.41, 5.74) is 2.34. The van der Waals surface area contributed by atoms with E-state index in [9.17, 15) is 4.79 Å². The average Bonchev–Trinajstić information content (AvgIpc) is 2.41. The van der Waals surface area contributed by atoms with Crippen LogP contribution in [0.3, 0.4) is 0 Å². The first-order valence-corrected chi connectivity index (χ1v) is 6.99. The molecular formula is C15H18ClNO2. The van der Waals surface area contributed by atoms with Crippen LogP contribution in [0.25, 0.3) is 0 Å². The van der Waals surface area contributed by atoms with E-state index in [1.54, 1.807) is 12.1 Å². The average molecular weight is 280 g/mol. The van der Waals surface area contributed by atoms with Gasteiger partial charge in [0.25, 0.3) is 0 Å². The molecule has 3 nitrogen and oxygen atoms in total. The fourth-order valence-corrected chi connectivity index (χ4v) is 2.51. The Balaban J connectivity index is 1.95. The molecule has 0 unspecified atom stereocenters. The van der Waals surface area contributed by atoms with E-state index < -0.39 is 5.97 Å². The standard InChI is InChI=1S/C15H18ClNO2/c16-12-6-7-14(13(10-12)15(18)19)17-9-8-11-4-2-1-3-5-11/h4,6-7,10,17H,1-3,5,8-9H2,(H,18,19). The van der Waals surface area contributed by atoms with Gasteiger partial charge in [0.05, 0.1) is 5.56 Å². The van der Waals surface area contributed by atoms with Crippen molar-refractivity contribution in [3.05, 3.63) is 40.4 Å². The van der Waals surface area contributed by atoms with Crippen LogP contribution >= 0.6 is 11.6 Å². The van der Waals surface area contributed by atoms with Crippen LogP contribution in [0, 0.1) is 0 Å². The Labute approximate surface area is 118 Å². The summed E-state index contributed by atoms with van der Waals surface area (Å²) in [7, 11) is 0. The van der Waals surface area contributed by atoms with Crippen LogP contribution in [0.1, 0.15) is 42.5 Å². The molecule has 0 aliphatic heterocycles. The Morgan fingerprint density at radius 1 is 1.37 bits per heavy atom. The summed E-state index contributed by atoms with van der Waals surface area (Å²) in [6, 6.07) is 4.91. The topological polar surface area (TPSA) is 49.3 Å². The number of aromatic carboxylic acids is 1. The second-order valence-corrected chi connectivity index (χ2v) is 5.22. The number of anilines is 1. The van der Waals surface area contributed by atoms with E-state index in [1.165, 1.54) is 37.3 Å². The predicted molar refractivity (Wildman–Crippen MR) is 78.1 cm³/mol. The summed E-state index contributed by atoms with van der Waals surface area (Å²) in [6.45, 7) is 0.758. The first-order valence-electron chi connectivity index (χ1n) is 6.61. The van der Waals surface area contributed by atoms with Gasteiger partial charge in [-0.1, -0.05) is 23.3 Å². The minimum atomic E-state index is -0.957. The van der Waals surface area contributed by atoms with Crippen LogP contribution in [0.4, 0.5) is 5.69 Å². The molecule has 102 valence electrons. The van der Waals surface area contributed by atoms with Gasteiger partial charge in [-0.25, -0.2) is 4.79 Å². The third-order valence-corrected chi connectivity index (χ3v) is 3.59. The summed E-state index contributed by atoms with van der Waals surface area (Å²) in [5, 5.41) is 12.8. The Hall–Kier alpha value is -1.48. The number of hydrogen-bond donors (Lipinski definition) is 2. The smallest absolute Gasteiger partial charge is 0.337 e. The molecule has 0 saturated heterocycles. The van der Waals surface area contributed by atoms with Crippen molar-refractivity contribution in [3.63, 3.8) is 0 Å². The molecule has 0 radical (unpaired) electrons. The van der Waals surface area contributed by atoms with Gasteiger partial charge in [-0.3, -0.25) is 0 Å². The lowest BCUT2D eigenvalue weighted by atomic mass is 9.97. The number of allylic oxidation sites excluding steroid dienone is 1. The van der Waals surface area contributed by atoms with Gasteiger partial charge in [-0.15, -0.1) is 0 Å². The largest absolute Gasteiger partial charge is 0.478 e. The molecule has 0 fully saturated rings. The second-order valence-electron chi connectivity index (χ2n) is 4.78. The lowest BCUT2D eigenvalue weighted by molar-refractivity contribution is 0.0698. The van der Waals surface area contributed by atoms with Crippen LogP contribution in [-0.4, -0.2) is 17.6 Å². The fraction of sp³-hybridized carbons (Fsp3) is 0.400. The molecule has 2 N–H and O–H groups in total. The molecule has 0 aromatic heterocycles. The van der Waals surface area contributed by atoms with Crippen molar-refractivity contribution in [3.8, 4) is 0 Å². The summed E-state index contributed by atoms with van der Waals surface area (Å²) >= 11 is 5.82. The number of benzene rings is 1. The molecule has 2 rings (SSSR count). The van der Waals surface area contributed by atoms with Gasteiger partial charge >= 0.3 is 5.97 Å². The lowest BCUT2D eigenvalue weighted by Crippen LogP contribution is -2.09. The van der Waals surface area contributed by atoms with E-state index in [1.807, 2.05) is 0 Å². The molecule has 1 aromatic carbocycles. The molecule has 19 heavy (non-hydrogen) atoms. The van der Waals surface area contributed by atoms with Gasteiger partial charge in [0.15, 0.2) is 0 Å². The molecule has 1 aromatic rings. The monoisotopic (exact) mass is 279 g/mol. The van der Waals surface area contributed by atoms with E-state index in [2.05, 4.69) is 11.4 Å². The quantitative estimate of drug-likeness (QED) is 0.788. The zero-order chi connectivity index (χ0) is 13.7. The van der Waals surface area contributed by atoms with Crippen molar-refractivity contribution in [1.82, 2.24) is 0 Å². The normalized spacial score (nSPS) is 14.9. The number of halogens is 1. The number of carbonyl (C=O) groups is 1. The molecule has 0 spiro atoms. The minimum Gasteiger partial charge on any atom is -0.478 e. The summed E-state index contributed by atoms with van der Waals surface area (Å²) in [4.78, 5) is 11.1. The Kier molecular flexibility index (Phi) is 4.86. The predicted octanol–water partition coefficient (Wildman–Crippen LogP) is 4.34. The molecule has 0 amide bonds. The first kappa shape index (κ1) is 13.9. The number of hydrogen-bond acceptors (Lipinski definition) is 2. The van der Waals surface area contributed by atoms with E-state index in [4.69, 9.17) is 16.7 Å². The molecular weight excluding hydrogens is 262 g/mol. The number of carboxylic acid groups (broad SMARTS) is 1. The SMILES string of the molecule is O=C(O)c1cc(Cl)ccc1NCCC1=CCCCC1. The van der Waals surface area contributed by atoms with E-state index in [0.29, 0.717) is 10.7 Å². The lowest BCUT2D eigenvalue weighted by Gasteiger charge is -2.14. The van der Waals surface area contributed by atoms with Gasteiger partial charge in [0.2, 0.25) is 0 Å². The van der Waals surface area contributed by atoms with Crippen molar-refractivity contribution >= 4 is 23.3 Å². The highest BCUT2D eigenvalue weighted by Crippen LogP contribution is 2.23. The third kappa shape index (κ3) is 4.00. The van der Waals surface area contributed by atoms with Crippen LogP contribution < -0.4 is 5.32 Å². The second kappa shape index (κ2) is 6.62. The molecule has 0 bridgehead atoms. The highest BCUT2D eigenvalue weighted by atomic mass is 35.5. The Morgan fingerprint density at radius 2 is 2.21 bits per heavy atom. The highest BCUT2D eigenvalue weighted by molar-refractivity contribution is 6.31. The first-order chi connectivity index (χ1) is 9.16. The van der Waals surface area contributed by atoms with Crippen LogP contribution in [0.15, 0.2) is 29.8 Å². The maximum Gasteiger partial charge on any atom is 0.337 e. The van der Waals surface area contributed by atoms with E-state index in [-0.39, 0.29) is 5.56 Å². The van der Waals surface area contributed by atoms with Crippen LogP contribution in [0.2, 0.25) is 5.02 Å². The Bertz CT molecular complexity index is 497. The number of nitrogens with one attached hydrogen (secondary N) is 1. The van der Waals surface area contributed by atoms with Gasteiger partial charge in [-0.2, -0.15) is 0 Å².